The minimum atomic E-state index is 0.707. The Bertz CT molecular complexity index is 335. The monoisotopic (exact) mass is 205 g/mol. The first kappa shape index (κ1) is 10.5. The maximum Gasteiger partial charge on any atom is 0.119 e. The molecule has 1 aliphatic carbocycles. The highest BCUT2D eigenvalue weighted by Gasteiger charge is 2.22. The SMILES string of the molecule is COc1ccc2c(c1)[C@H](CCCN)CC2. The van der Waals surface area contributed by atoms with Crippen molar-refractivity contribution in [2.24, 2.45) is 5.73 Å². The highest BCUT2D eigenvalue weighted by molar-refractivity contribution is 5.41. The third-order valence-electron chi connectivity index (χ3n) is 3.31. The molecule has 15 heavy (non-hydrogen) atoms. The number of aryl methyl sites for hydroxylation is 1. The van der Waals surface area contributed by atoms with Crippen LogP contribution in [0.5, 0.6) is 5.75 Å². The molecule has 0 aromatic heterocycles. The molecule has 0 saturated heterocycles. The van der Waals surface area contributed by atoms with Gasteiger partial charge in [0.25, 0.3) is 0 Å². The number of nitrogens with two attached hydrogens (primary N) is 1. The van der Waals surface area contributed by atoms with Crippen LogP contribution in [0.25, 0.3) is 0 Å². The van der Waals surface area contributed by atoms with Gasteiger partial charge in [0, 0.05) is 0 Å². The lowest BCUT2D eigenvalue weighted by atomic mass is 9.96. The molecule has 0 unspecified atom stereocenters. The minimum Gasteiger partial charge on any atom is -0.497 e. The molecule has 0 saturated carbocycles. The van der Waals surface area contributed by atoms with Crippen molar-refractivity contribution < 1.29 is 4.74 Å². The number of fused-ring (bicyclic) bond motifs is 1. The molecule has 0 spiro atoms. The summed E-state index contributed by atoms with van der Waals surface area (Å²) in [5, 5.41) is 0. The van der Waals surface area contributed by atoms with Crippen molar-refractivity contribution in [1.82, 2.24) is 0 Å². The number of hydrogen-bond donors (Lipinski definition) is 1. The molecule has 2 rings (SSSR count). The molecule has 0 bridgehead atoms. The molecule has 0 radical (unpaired) electrons. The molecule has 2 heteroatoms. The first-order valence-electron chi connectivity index (χ1n) is 5.72. The molecule has 0 heterocycles. The summed E-state index contributed by atoms with van der Waals surface area (Å²) in [7, 11) is 1.73. The van der Waals surface area contributed by atoms with Crippen LogP contribution in [0.1, 0.15) is 36.3 Å². The molecule has 1 aromatic carbocycles. The topological polar surface area (TPSA) is 35.2 Å². The molecule has 1 aromatic rings. The number of rotatable bonds is 4. The third-order valence-corrected chi connectivity index (χ3v) is 3.31. The van der Waals surface area contributed by atoms with Crippen molar-refractivity contribution >= 4 is 0 Å². The Balaban J connectivity index is 2.16. The van der Waals surface area contributed by atoms with E-state index >= 15 is 0 Å². The van der Waals surface area contributed by atoms with E-state index in [2.05, 4.69) is 18.2 Å². The van der Waals surface area contributed by atoms with Gasteiger partial charge in [-0.15, -0.1) is 0 Å². The van der Waals surface area contributed by atoms with Crippen molar-refractivity contribution in [3.05, 3.63) is 29.3 Å². The molecule has 1 atom stereocenters. The second-order valence-electron chi connectivity index (χ2n) is 4.23. The molecule has 1 aliphatic rings. The van der Waals surface area contributed by atoms with Gasteiger partial charge >= 0.3 is 0 Å². The third kappa shape index (κ3) is 2.15. The van der Waals surface area contributed by atoms with Crippen LogP contribution in [0.4, 0.5) is 0 Å². The van der Waals surface area contributed by atoms with Gasteiger partial charge in [-0.25, -0.2) is 0 Å². The molecular formula is C13H19NO. The van der Waals surface area contributed by atoms with Gasteiger partial charge in [0.1, 0.15) is 5.75 Å². The quantitative estimate of drug-likeness (QED) is 0.819. The number of ether oxygens (including phenoxy) is 1. The van der Waals surface area contributed by atoms with Crippen LogP contribution in [-0.4, -0.2) is 13.7 Å². The first-order chi connectivity index (χ1) is 7.35. The number of hydrogen-bond acceptors (Lipinski definition) is 2. The van der Waals surface area contributed by atoms with E-state index in [1.54, 1.807) is 7.11 Å². The van der Waals surface area contributed by atoms with Gasteiger partial charge in [-0.1, -0.05) is 6.07 Å². The van der Waals surface area contributed by atoms with Gasteiger partial charge in [-0.3, -0.25) is 0 Å². The minimum absolute atomic E-state index is 0.707. The van der Waals surface area contributed by atoms with Gasteiger partial charge in [0.05, 0.1) is 7.11 Å². The Morgan fingerprint density at radius 3 is 3.07 bits per heavy atom. The number of methoxy groups -OCH3 is 1. The smallest absolute Gasteiger partial charge is 0.119 e. The molecule has 0 amide bonds. The van der Waals surface area contributed by atoms with E-state index < -0.39 is 0 Å². The molecule has 82 valence electrons. The fraction of sp³-hybridized carbons (Fsp3) is 0.538. The fourth-order valence-corrected chi connectivity index (χ4v) is 2.46. The lowest BCUT2D eigenvalue weighted by Crippen LogP contribution is -2.02. The van der Waals surface area contributed by atoms with Gasteiger partial charge in [-0.2, -0.15) is 0 Å². The maximum absolute atomic E-state index is 5.56. The zero-order chi connectivity index (χ0) is 10.7. The summed E-state index contributed by atoms with van der Waals surface area (Å²) in [5.74, 6) is 1.69. The van der Waals surface area contributed by atoms with E-state index in [9.17, 15) is 0 Å². The molecule has 2 N–H and O–H groups in total. The lowest BCUT2D eigenvalue weighted by Gasteiger charge is -2.11. The predicted octanol–water partition coefficient (Wildman–Crippen LogP) is 2.46. The Hall–Kier alpha value is -1.02. The summed E-state index contributed by atoms with van der Waals surface area (Å²) in [6.45, 7) is 0.801. The molecule has 0 aliphatic heterocycles. The lowest BCUT2D eigenvalue weighted by molar-refractivity contribution is 0.413. The normalized spacial score (nSPS) is 18.9. The van der Waals surface area contributed by atoms with Crippen molar-refractivity contribution in [1.29, 1.82) is 0 Å². The van der Waals surface area contributed by atoms with Gasteiger partial charge in [0.2, 0.25) is 0 Å². The Morgan fingerprint density at radius 1 is 1.47 bits per heavy atom. The second kappa shape index (κ2) is 4.67. The first-order valence-corrected chi connectivity index (χ1v) is 5.72. The van der Waals surface area contributed by atoms with Gasteiger partial charge in [0.15, 0.2) is 0 Å². The van der Waals surface area contributed by atoms with E-state index in [-0.39, 0.29) is 0 Å². The van der Waals surface area contributed by atoms with E-state index in [0.29, 0.717) is 5.92 Å². The highest BCUT2D eigenvalue weighted by Crippen LogP contribution is 2.37. The van der Waals surface area contributed by atoms with E-state index in [1.807, 2.05) is 0 Å². The van der Waals surface area contributed by atoms with Crippen LogP contribution < -0.4 is 10.5 Å². The van der Waals surface area contributed by atoms with Gasteiger partial charge in [-0.05, 0) is 61.4 Å². The van der Waals surface area contributed by atoms with E-state index in [4.69, 9.17) is 10.5 Å². The van der Waals surface area contributed by atoms with Crippen molar-refractivity contribution in [2.45, 2.75) is 31.6 Å². The molecule has 2 nitrogen and oxygen atoms in total. The summed E-state index contributed by atoms with van der Waals surface area (Å²) in [5.41, 5.74) is 8.54. The summed E-state index contributed by atoms with van der Waals surface area (Å²) >= 11 is 0. The Labute approximate surface area is 91.4 Å². The van der Waals surface area contributed by atoms with Crippen molar-refractivity contribution in [3.8, 4) is 5.75 Å². The van der Waals surface area contributed by atoms with Gasteiger partial charge < -0.3 is 10.5 Å². The fourth-order valence-electron chi connectivity index (χ4n) is 2.46. The Kier molecular flexibility index (Phi) is 3.27. The van der Waals surface area contributed by atoms with Crippen molar-refractivity contribution in [2.75, 3.05) is 13.7 Å². The number of benzene rings is 1. The summed E-state index contributed by atoms with van der Waals surface area (Å²) in [6.07, 6.45) is 4.84. The van der Waals surface area contributed by atoms with Crippen molar-refractivity contribution in [3.63, 3.8) is 0 Å². The average molecular weight is 205 g/mol. The summed E-state index contributed by atoms with van der Waals surface area (Å²) in [6, 6.07) is 6.46. The Morgan fingerprint density at radius 2 is 2.33 bits per heavy atom. The van der Waals surface area contributed by atoms with E-state index in [0.717, 1.165) is 18.7 Å². The zero-order valence-corrected chi connectivity index (χ0v) is 9.33. The molecular weight excluding hydrogens is 186 g/mol. The zero-order valence-electron chi connectivity index (χ0n) is 9.33. The highest BCUT2D eigenvalue weighted by atomic mass is 16.5. The summed E-state index contributed by atoms with van der Waals surface area (Å²) < 4.78 is 5.27. The summed E-state index contributed by atoms with van der Waals surface area (Å²) in [4.78, 5) is 0. The van der Waals surface area contributed by atoms with E-state index in [1.165, 1.54) is 30.4 Å². The van der Waals surface area contributed by atoms with Crippen LogP contribution in [0.2, 0.25) is 0 Å². The standard InChI is InChI=1S/C13H19NO/c1-15-12-7-6-11-5-4-10(3-2-8-14)13(11)9-12/h6-7,9-10H,2-5,8,14H2,1H3/t10-/m1/s1. The second-order valence-corrected chi connectivity index (χ2v) is 4.23. The predicted molar refractivity (Wildman–Crippen MR) is 62.3 cm³/mol. The van der Waals surface area contributed by atoms with Crippen LogP contribution >= 0.6 is 0 Å². The van der Waals surface area contributed by atoms with Crippen LogP contribution in [0.3, 0.4) is 0 Å². The maximum atomic E-state index is 5.56. The van der Waals surface area contributed by atoms with Crippen LogP contribution in [0.15, 0.2) is 18.2 Å². The average Bonchev–Trinajstić information content (AvgIpc) is 2.68. The molecule has 0 fully saturated rings. The van der Waals surface area contributed by atoms with Crippen LogP contribution in [0, 0.1) is 0 Å². The van der Waals surface area contributed by atoms with Crippen LogP contribution in [-0.2, 0) is 6.42 Å². The largest absolute Gasteiger partial charge is 0.497 e.